The van der Waals surface area contributed by atoms with E-state index >= 15 is 0 Å². The molecule has 0 spiro atoms. The van der Waals surface area contributed by atoms with Crippen LogP contribution < -0.4 is 0 Å². The molecule has 1 aromatic heterocycles. The van der Waals surface area contributed by atoms with Crippen molar-refractivity contribution in [1.82, 2.24) is 9.55 Å². The summed E-state index contributed by atoms with van der Waals surface area (Å²) in [6.45, 7) is 1.04. The first-order chi connectivity index (χ1) is 12.9. The zero-order valence-electron chi connectivity index (χ0n) is 14.3. The van der Waals surface area contributed by atoms with E-state index in [0.29, 0.717) is 13.2 Å². The zero-order valence-corrected chi connectivity index (χ0v) is 14.3. The Morgan fingerprint density at radius 3 is 2.58 bits per heavy atom. The first-order valence-corrected chi connectivity index (χ1v) is 8.57. The molecule has 0 aliphatic carbocycles. The molecule has 0 saturated heterocycles. The highest BCUT2D eigenvalue weighted by Crippen LogP contribution is 2.19. The largest absolute Gasteiger partial charge is 0.391 e. The van der Waals surface area contributed by atoms with E-state index in [0.717, 1.165) is 16.8 Å². The summed E-state index contributed by atoms with van der Waals surface area (Å²) in [5.74, 6) is 0. The SMILES string of the molecule is c1ccc(/C(Cn2ccnc2)=N\OCc2cccc3ccccc23)cc1. The lowest BCUT2D eigenvalue weighted by molar-refractivity contribution is 0.131. The number of aromatic nitrogens is 2. The monoisotopic (exact) mass is 341 g/mol. The molecule has 4 nitrogen and oxygen atoms in total. The third-order valence-corrected chi connectivity index (χ3v) is 4.27. The Labute approximate surface area is 152 Å². The molecule has 0 aliphatic rings. The minimum atomic E-state index is 0.432. The highest BCUT2D eigenvalue weighted by molar-refractivity contribution is 6.00. The number of benzene rings is 3. The fourth-order valence-electron chi connectivity index (χ4n) is 2.95. The van der Waals surface area contributed by atoms with Gasteiger partial charge in [-0.3, -0.25) is 0 Å². The molecule has 128 valence electrons. The van der Waals surface area contributed by atoms with Gasteiger partial charge in [0.05, 0.1) is 12.9 Å². The molecule has 0 atom stereocenters. The molecule has 0 aliphatic heterocycles. The third kappa shape index (κ3) is 3.64. The normalized spacial score (nSPS) is 11.6. The van der Waals surface area contributed by atoms with Gasteiger partial charge in [-0.1, -0.05) is 78.0 Å². The third-order valence-electron chi connectivity index (χ3n) is 4.27. The van der Waals surface area contributed by atoms with E-state index in [2.05, 4.69) is 34.4 Å². The van der Waals surface area contributed by atoms with Crippen LogP contribution in [0.1, 0.15) is 11.1 Å². The molecule has 4 aromatic rings. The quantitative estimate of drug-likeness (QED) is 0.378. The van der Waals surface area contributed by atoms with Crippen molar-refractivity contribution in [3.05, 3.63) is 103 Å². The van der Waals surface area contributed by atoms with Crippen molar-refractivity contribution in [2.24, 2.45) is 5.16 Å². The van der Waals surface area contributed by atoms with Crippen molar-refractivity contribution >= 4 is 16.5 Å². The van der Waals surface area contributed by atoms with Gasteiger partial charge in [0.2, 0.25) is 0 Å². The van der Waals surface area contributed by atoms with Crippen LogP contribution in [0.4, 0.5) is 0 Å². The summed E-state index contributed by atoms with van der Waals surface area (Å²) in [5.41, 5.74) is 3.03. The number of hydrogen-bond acceptors (Lipinski definition) is 3. The Bertz CT molecular complexity index is 1000. The number of imidazole rings is 1. The first-order valence-electron chi connectivity index (χ1n) is 8.57. The number of nitrogens with zero attached hydrogens (tertiary/aromatic N) is 3. The number of rotatable bonds is 6. The van der Waals surface area contributed by atoms with Gasteiger partial charge in [0.1, 0.15) is 12.3 Å². The van der Waals surface area contributed by atoms with E-state index in [4.69, 9.17) is 4.84 Å². The molecule has 0 N–H and O–H groups in total. The minimum absolute atomic E-state index is 0.432. The van der Waals surface area contributed by atoms with Gasteiger partial charge in [0.25, 0.3) is 0 Å². The van der Waals surface area contributed by atoms with Crippen LogP contribution in [0.2, 0.25) is 0 Å². The molecule has 0 saturated carbocycles. The second-order valence-electron chi connectivity index (χ2n) is 6.05. The Kier molecular flexibility index (Phi) is 4.74. The number of hydrogen-bond donors (Lipinski definition) is 0. The Morgan fingerprint density at radius 2 is 1.73 bits per heavy atom. The summed E-state index contributed by atoms with van der Waals surface area (Å²) < 4.78 is 1.98. The lowest BCUT2D eigenvalue weighted by Crippen LogP contribution is -2.11. The van der Waals surface area contributed by atoms with Crippen molar-refractivity contribution in [2.75, 3.05) is 0 Å². The Balaban J connectivity index is 1.57. The van der Waals surface area contributed by atoms with Crippen molar-refractivity contribution < 1.29 is 4.84 Å². The predicted molar refractivity (Wildman–Crippen MR) is 104 cm³/mol. The number of fused-ring (bicyclic) bond motifs is 1. The van der Waals surface area contributed by atoms with Crippen molar-refractivity contribution in [3.63, 3.8) is 0 Å². The molecule has 4 heteroatoms. The standard InChI is InChI=1S/C22H19N3O/c1-2-8-19(9-3-1)22(15-25-14-13-23-17-25)24-26-16-20-11-6-10-18-7-4-5-12-21(18)20/h1-14,17H,15-16H2/b24-22-. The molecular weight excluding hydrogens is 322 g/mol. The van der Waals surface area contributed by atoms with Gasteiger partial charge in [0.15, 0.2) is 0 Å². The van der Waals surface area contributed by atoms with E-state index in [1.807, 2.05) is 59.3 Å². The van der Waals surface area contributed by atoms with Gasteiger partial charge < -0.3 is 9.40 Å². The molecule has 0 fully saturated rings. The highest BCUT2D eigenvalue weighted by atomic mass is 16.6. The van der Waals surface area contributed by atoms with Crippen LogP contribution in [0.5, 0.6) is 0 Å². The van der Waals surface area contributed by atoms with Crippen molar-refractivity contribution in [1.29, 1.82) is 0 Å². The van der Waals surface area contributed by atoms with E-state index in [1.165, 1.54) is 10.8 Å². The molecular formula is C22H19N3O. The van der Waals surface area contributed by atoms with Crippen LogP contribution in [-0.4, -0.2) is 15.3 Å². The maximum absolute atomic E-state index is 5.75. The highest BCUT2D eigenvalue weighted by Gasteiger charge is 2.06. The minimum Gasteiger partial charge on any atom is -0.391 e. The van der Waals surface area contributed by atoms with Gasteiger partial charge in [0, 0.05) is 18.0 Å². The summed E-state index contributed by atoms with van der Waals surface area (Å²) in [6.07, 6.45) is 5.46. The summed E-state index contributed by atoms with van der Waals surface area (Å²) in [4.78, 5) is 9.85. The second kappa shape index (κ2) is 7.66. The maximum Gasteiger partial charge on any atom is 0.142 e. The Morgan fingerprint density at radius 1 is 0.923 bits per heavy atom. The molecule has 0 bridgehead atoms. The lowest BCUT2D eigenvalue weighted by atomic mass is 10.1. The van der Waals surface area contributed by atoms with Crippen LogP contribution in [0.3, 0.4) is 0 Å². The second-order valence-corrected chi connectivity index (χ2v) is 6.05. The van der Waals surface area contributed by atoms with Gasteiger partial charge in [-0.15, -0.1) is 0 Å². The molecule has 0 radical (unpaired) electrons. The van der Waals surface area contributed by atoms with Crippen molar-refractivity contribution in [3.8, 4) is 0 Å². The number of oxime groups is 1. The summed E-state index contributed by atoms with van der Waals surface area (Å²) in [7, 11) is 0. The van der Waals surface area contributed by atoms with E-state index in [1.54, 1.807) is 12.5 Å². The Hall–Kier alpha value is -3.40. The van der Waals surface area contributed by atoms with E-state index < -0.39 is 0 Å². The molecule has 3 aromatic carbocycles. The smallest absolute Gasteiger partial charge is 0.142 e. The van der Waals surface area contributed by atoms with Crippen LogP contribution in [-0.2, 0) is 18.0 Å². The fourth-order valence-corrected chi connectivity index (χ4v) is 2.95. The molecule has 4 rings (SSSR count). The van der Waals surface area contributed by atoms with Crippen LogP contribution in [0.15, 0.2) is 96.7 Å². The predicted octanol–water partition coefficient (Wildman–Crippen LogP) is 4.66. The lowest BCUT2D eigenvalue weighted by Gasteiger charge is -2.09. The molecule has 0 amide bonds. The molecule has 26 heavy (non-hydrogen) atoms. The van der Waals surface area contributed by atoms with Crippen LogP contribution in [0.25, 0.3) is 10.8 Å². The zero-order chi connectivity index (χ0) is 17.6. The van der Waals surface area contributed by atoms with Gasteiger partial charge in [-0.2, -0.15) is 0 Å². The summed E-state index contributed by atoms with van der Waals surface area (Å²) in [6, 6.07) is 24.6. The van der Waals surface area contributed by atoms with Gasteiger partial charge >= 0.3 is 0 Å². The fraction of sp³-hybridized carbons (Fsp3) is 0.0909. The maximum atomic E-state index is 5.75. The van der Waals surface area contributed by atoms with Gasteiger partial charge in [-0.25, -0.2) is 4.98 Å². The van der Waals surface area contributed by atoms with Crippen LogP contribution in [0, 0.1) is 0 Å². The topological polar surface area (TPSA) is 39.4 Å². The van der Waals surface area contributed by atoms with Crippen molar-refractivity contribution in [2.45, 2.75) is 13.2 Å². The average Bonchev–Trinajstić information content (AvgIpc) is 3.21. The average molecular weight is 341 g/mol. The summed E-state index contributed by atoms with van der Waals surface area (Å²) in [5, 5.41) is 6.84. The molecule has 0 unspecified atom stereocenters. The molecule has 1 heterocycles. The van der Waals surface area contributed by atoms with E-state index in [-0.39, 0.29) is 0 Å². The van der Waals surface area contributed by atoms with Gasteiger partial charge in [-0.05, 0) is 16.3 Å². The first kappa shape index (κ1) is 16.1. The van der Waals surface area contributed by atoms with E-state index in [9.17, 15) is 0 Å². The van der Waals surface area contributed by atoms with Crippen LogP contribution >= 0.6 is 0 Å². The summed E-state index contributed by atoms with van der Waals surface area (Å²) >= 11 is 0.